The van der Waals surface area contributed by atoms with E-state index in [4.69, 9.17) is 17.4 Å². The third-order valence-electron chi connectivity index (χ3n) is 4.50. The molecule has 0 radical (unpaired) electrons. The molecule has 4 aromatic rings. The second-order valence-electron chi connectivity index (χ2n) is 6.41. The zero-order valence-electron chi connectivity index (χ0n) is 15.3. The summed E-state index contributed by atoms with van der Waals surface area (Å²) in [6.45, 7) is 7.46. The zero-order valence-corrected chi connectivity index (χ0v) is 15.3. The molecule has 3 N–H and O–H groups in total. The van der Waals surface area contributed by atoms with Crippen molar-refractivity contribution in [3.63, 3.8) is 0 Å². The van der Waals surface area contributed by atoms with Crippen LogP contribution >= 0.6 is 0 Å². The first-order valence-corrected chi connectivity index (χ1v) is 8.86. The predicted octanol–water partition coefficient (Wildman–Crippen LogP) is 3.67. The molecule has 8 heteroatoms. The first kappa shape index (κ1) is 18.4. The highest BCUT2D eigenvalue weighted by molar-refractivity contribution is 5.69. The second-order valence-corrected chi connectivity index (χ2v) is 6.41. The molecule has 144 valence electrons. The average molecular weight is 388 g/mol. The third kappa shape index (κ3) is 3.59. The maximum absolute atomic E-state index is 14.1. The largest absolute Gasteiger partial charge is 0.394 e. The predicted molar refractivity (Wildman–Crippen MR) is 108 cm³/mol. The SMILES string of the molecule is [C-]#[N+]c1ccc(-c2cc(N)nn2-c2ccc(-c3cnn(CCO)c3)cc2)cc1F. The molecule has 0 aliphatic heterocycles. The Hall–Kier alpha value is -3.96. The summed E-state index contributed by atoms with van der Waals surface area (Å²) < 4.78 is 17.4. The normalized spacial score (nSPS) is 10.8. The van der Waals surface area contributed by atoms with Crippen molar-refractivity contribution in [3.05, 3.63) is 78.2 Å². The van der Waals surface area contributed by atoms with Gasteiger partial charge in [-0.15, -0.1) is 0 Å². The summed E-state index contributed by atoms with van der Waals surface area (Å²) in [7, 11) is 0. The molecule has 0 amide bonds. The minimum absolute atomic E-state index is 0.0288. The minimum Gasteiger partial charge on any atom is -0.394 e. The van der Waals surface area contributed by atoms with Crippen LogP contribution in [-0.2, 0) is 6.54 Å². The number of nitrogens with zero attached hydrogens (tertiary/aromatic N) is 5. The van der Waals surface area contributed by atoms with Crippen molar-refractivity contribution in [3.8, 4) is 28.1 Å². The number of anilines is 1. The number of hydrogen-bond donors (Lipinski definition) is 2. The Morgan fingerprint density at radius 1 is 1.07 bits per heavy atom. The number of aliphatic hydroxyl groups is 1. The maximum Gasteiger partial charge on any atom is 0.222 e. The van der Waals surface area contributed by atoms with Gasteiger partial charge in [0.15, 0.2) is 0 Å². The third-order valence-corrected chi connectivity index (χ3v) is 4.50. The first-order valence-electron chi connectivity index (χ1n) is 8.86. The molecule has 0 bridgehead atoms. The van der Waals surface area contributed by atoms with Gasteiger partial charge in [-0.05, 0) is 23.8 Å². The van der Waals surface area contributed by atoms with Crippen LogP contribution in [0.3, 0.4) is 0 Å². The number of benzene rings is 2. The Morgan fingerprint density at radius 3 is 2.52 bits per heavy atom. The number of aromatic nitrogens is 4. The lowest BCUT2D eigenvalue weighted by molar-refractivity contribution is 0.269. The number of nitrogens with two attached hydrogens (primary N) is 1. The monoisotopic (exact) mass is 388 g/mol. The number of halogens is 1. The number of nitrogen functional groups attached to an aromatic ring is 1. The van der Waals surface area contributed by atoms with Gasteiger partial charge in [-0.25, -0.2) is 13.9 Å². The van der Waals surface area contributed by atoms with E-state index in [1.54, 1.807) is 27.7 Å². The molecular formula is C21H17FN6O. The Bertz CT molecular complexity index is 1200. The lowest BCUT2D eigenvalue weighted by atomic mass is 10.1. The Kier molecular flexibility index (Phi) is 4.81. The highest BCUT2D eigenvalue weighted by Crippen LogP contribution is 2.29. The van der Waals surface area contributed by atoms with Gasteiger partial charge >= 0.3 is 0 Å². The van der Waals surface area contributed by atoms with Crippen LogP contribution in [0.2, 0.25) is 0 Å². The molecule has 2 aromatic carbocycles. The molecule has 7 nitrogen and oxygen atoms in total. The molecule has 0 unspecified atom stereocenters. The van der Waals surface area contributed by atoms with Gasteiger partial charge in [0.25, 0.3) is 0 Å². The lowest BCUT2D eigenvalue weighted by Crippen LogP contribution is -2.01. The minimum atomic E-state index is -0.584. The van der Waals surface area contributed by atoms with Crippen LogP contribution in [0.1, 0.15) is 0 Å². The van der Waals surface area contributed by atoms with Gasteiger partial charge in [-0.2, -0.15) is 10.2 Å². The van der Waals surface area contributed by atoms with Crippen molar-refractivity contribution in [1.82, 2.24) is 19.6 Å². The van der Waals surface area contributed by atoms with Crippen molar-refractivity contribution >= 4 is 11.5 Å². The second kappa shape index (κ2) is 7.58. The van der Waals surface area contributed by atoms with Crippen LogP contribution in [0.15, 0.2) is 60.9 Å². The summed E-state index contributed by atoms with van der Waals surface area (Å²) in [5, 5.41) is 17.5. The molecule has 0 aliphatic rings. The van der Waals surface area contributed by atoms with Crippen LogP contribution in [0.4, 0.5) is 15.9 Å². The number of hydrogen-bond acceptors (Lipinski definition) is 4. The summed E-state index contributed by atoms with van der Waals surface area (Å²) >= 11 is 0. The highest BCUT2D eigenvalue weighted by atomic mass is 19.1. The number of aliphatic hydroxyl groups excluding tert-OH is 1. The van der Waals surface area contributed by atoms with Gasteiger partial charge in [0, 0.05) is 23.4 Å². The standard InChI is InChI=1S/C21H17FN6O/c1-24-19-7-4-15(10-18(19)22)20-11-21(23)26-28(20)17-5-2-14(3-6-17)16-12-25-27(13-16)8-9-29/h2-7,10-13,29H,8-9H2,(H2,23,26). The van der Waals surface area contributed by atoms with E-state index in [-0.39, 0.29) is 12.3 Å². The van der Waals surface area contributed by atoms with E-state index in [9.17, 15) is 4.39 Å². The smallest absolute Gasteiger partial charge is 0.222 e. The maximum atomic E-state index is 14.1. The summed E-state index contributed by atoms with van der Waals surface area (Å²) in [5.74, 6) is -0.275. The summed E-state index contributed by atoms with van der Waals surface area (Å²) in [5.41, 5.74) is 9.73. The van der Waals surface area contributed by atoms with Gasteiger partial charge in [0.1, 0.15) is 11.6 Å². The van der Waals surface area contributed by atoms with E-state index in [2.05, 4.69) is 15.0 Å². The fourth-order valence-corrected chi connectivity index (χ4v) is 3.09. The van der Waals surface area contributed by atoms with Crippen molar-refractivity contribution in [2.24, 2.45) is 0 Å². The number of rotatable bonds is 5. The Morgan fingerprint density at radius 2 is 1.83 bits per heavy atom. The quantitative estimate of drug-likeness (QED) is 0.511. The molecule has 4 rings (SSSR count). The molecule has 0 fully saturated rings. The highest BCUT2D eigenvalue weighted by Gasteiger charge is 2.13. The lowest BCUT2D eigenvalue weighted by Gasteiger charge is -2.09. The van der Waals surface area contributed by atoms with Crippen LogP contribution < -0.4 is 5.73 Å². The van der Waals surface area contributed by atoms with Gasteiger partial charge in [0.05, 0.1) is 37.3 Å². The Balaban J connectivity index is 1.69. The van der Waals surface area contributed by atoms with Crippen molar-refractivity contribution < 1.29 is 9.50 Å². The molecule has 29 heavy (non-hydrogen) atoms. The van der Waals surface area contributed by atoms with Gasteiger partial charge < -0.3 is 10.8 Å². The van der Waals surface area contributed by atoms with E-state index in [0.29, 0.717) is 23.6 Å². The molecule has 0 aliphatic carbocycles. The zero-order chi connectivity index (χ0) is 20.4. The van der Waals surface area contributed by atoms with E-state index in [0.717, 1.165) is 16.8 Å². The molecule has 2 heterocycles. The summed E-state index contributed by atoms with van der Waals surface area (Å²) in [4.78, 5) is 3.15. The van der Waals surface area contributed by atoms with E-state index in [1.807, 2.05) is 30.5 Å². The molecule has 0 saturated heterocycles. The summed E-state index contributed by atoms with van der Waals surface area (Å²) in [6.07, 6.45) is 3.61. The van der Waals surface area contributed by atoms with Crippen LogP contribution in [-0.4, -0.2) is 31.3 Å². The topological polar surface area (TPSA) is 86.2 Å². The Labute approximate surface area is 166 Å². The fraction of sp³-hybridized carbons (Fsp3) is 0.0952. The van der Waals surface area contributed by atoms with Crippen molar-refractivity contribution in [1.29, 1.82) is 0 Å². The van der Waals surface area contributed by atoms with E-state index >= 15 is 0 Å². The molecule has 0 atom stereocenters. The average Bonchev–Trinajstić information content (AvgIpc) is 3.35. The summed E-state index contributed by atoms with van der Waals surface area (Å²) in [6, 6.07) is 13.7. The molecule has 0 saturated carbocycles. The van der Waals surface area contributed by atoms with Crippen LogP contribution in [0.5, 0.6) is 0 Å². The van der Waals surface area contributed by atoms with E-state index < -0.39 is 5.82 Å². The van der Waals surface area contributed by atoms with Gasteiger partial charge in [-0.3, -0.25) is 4.68 Å². The first-order chi connectivity index (χ1) is 14.1. The molecule has 2 aromatic heterocycles. The fourth-order valence-electron chi connectivity index (χ4n) is 3.09. The van der Waals surface area contributed by atoms with Crippen LogP contribution in [0, 0.1) is 12.4 Å². The van der Waals surface area contributed by atoms with Crippen LogP contribution in [0.25, 0.3) is 32.9 Å². The van der Waals surface area contributed by atoms with Gasteiger partial charge in [0.2, 0.25) is 5.69 Å². The van der Waals surface area contributed by atoms with E-state index in [1.165, 1.54) is 12.1 Å². The molecular weight excluding hydrogens is 371 g/mol. The molecule has 0 spiro atoms. The van der Waals surface area contributed by atoms with Crippen molar-refractivity contribution in [2.75, 3.05) is 12.3 Å². The van der Waals surface area contributed by atoms with Crippen molar-refractivity contribution in [2.45, 2.75) is 6.54 Å². The van der Waals surface area contributed by atoms with Gasteiger partial charge in [-0.1, -0.05) is 24.3 Å².